The molecule has 0 heterocycles. The van der Waals surface area contributed by atoms with Crippen LogP contribution in [0.1, 0.15) is 6.42 Å². The molecule has 0 spiro atoms. The second kappa shape index (κ2) is 4.79. The molecule has 56 valence electrons. The van der Waals surface area contributed by atoms with Crippen LogP contribution in [0.2, 0.25) is 0 Å². The Morgan fingerprint density at radius 1 is 1.60 bits per heavy atom. The maximum absolute atomic E-state index is 4.00. The van der Waals surface area contributed by atoms with Gasteiger partial charge < -0.3 is 5.01 Å². The lowest BCUT2D eigenvalue weighted by atomic mass is 10.2. The van der Waals surface area contributed by atoms with Crippen molar-refractivity contribution in [1.29, 1.82) is 0 Å². The van der Waals surface area contributed by atoms with Crippen LogP contribution in [0.4, 0.5) is 0 Å². The van der Waals surface area contributed by atoms with Gasteiger partial charge in [0, 0.05) is 20.3 Å². The molecule has 0 saturated heterocycles. The molecule has 0 N–H and O–H groups in total. The van der Waals surface area contributed by atoms with Crippen LogP contribution in [0, 0.1) is 0 Å². The van der Waals surface area contributed by atoms with Crippen LogP contribution in [-0.4, -0.2) is 25.3 Å². The van der Waals surface area contributed by atoms with Gasteiger partial charge in [0.15, 0.2) is 0 Å². The zero-order valence-electron chi connectivity index (χ0n) is 6.67. The molecule has 2 heteroatoms. The van der Waals surface area contributed by atoms with Crippen molar-refractivity contribution in [3.8, 4) is 0 Å². The Kier molecular flexibility index (Phi) is 4.29. The van der Waals surface area contributed by atoms with Crippen molar-refractivity contribution < 1.29 is 0 Å². The molecular formula is C8H14N2. The average molecular weight is 138 g/mol. The molecule has 2 nitrogen and oxygen atoms in total. The van der Waals surface area contributed by atoms with Crippen molar-refractivity contribution in [2.45, 2.75) is 6.42 Å². The summed E-state index contributed by atoms with van der Waals surface area (Å²) in [6.45, 7) is 7.36. The molecular weight excluding hydrogens is 124 g/mol. The van der Waals surface area contributed by atoms with E-state index < -0.39 is 0 Å². The van der Waals surface area contributed by atoms with Crippen molar-refractivity contribution in [2.75, 3.05) is 14.1 Å². The Bertz CT molecular complexity index is 145. The van der Waals surface area contributed by atoms with E-state index in [1.165, 1.54) is 0 Å². The summed E-state index contributed by atoms with van der Waals surface area (Å²) in [6.07, 6.45) is 4.35. The lowest BCUT2D eigenvalue weighted by molar-refractivity contribution is 0.440. The van der Waals surface area contributed by atoms with E-state index in [0.717, 1.165) is 12.0 Å². The van der Waals surface area contributed by atoms with E-state index in [1.54, 1.807) is 11.2 Å². The van der Waals surface area contributed by atoms with Crippen molar-refractivity contribution >= 4 is 6.21 Å². The van der Waals surface area contributed by atoms with Gasteiger partial charge in [-0.2, -0.15) is 5.10 Å². The summed E-state index contributed by atoms with van der Waals surface area (Å²) in [7, 11) is 3.75. The van der Waals surface area contributed by atoms with Gasteiger partial charge in [0.25, 0.3) is 0 Å². The minimum Gasteiger partial charge on any atom is -0.303 e. The molecule has 0 aromatic heterocycles. The summed E-state index contributed by atoms with van der Waals surface area (Å²) in [6, 6.07) is 0. The summed E-state index contributed by atoms with van der Waals surface area (Å²) >= 11 is 0. The van der Waals surface area contributed by atoms with Crippen LogP contribution in [0.3, 0.4) is 0 Å². The Morgan fingerprint density at radius 3 is 2.60 bits per heavy atom. The Labute approximate surface area is 62.5 Å². The fraction of sp³-hybridized carbons (Fsp3) is 0.375. The van der Waals surface area contributed by atoms with Gasteiger partial charge in [0.1, 0.15) is 0 Å². The molecule has 0 aliphatic carbocycles. The largest absolute Gasteiger partial charge is 0.303 e. The number of rotatable bonds is 4. The van der Waals surface area contributed by atoms with Crippen molar-refractivity contribution in [3.05, 3.63) is 24.8 Å². The van der Waals surface area contributed by atoms with Gasteiger partial charge in [0.05, 0.1) is 0 Å². The molecule has 0 rings (SSSR count). The van der Waals surface area contributed by atoms with Crippen molar-refractivity contribution in [3.63, 3.8) is 0 Å². The first kappa shape index (κ1) is 8.95. The molecule has 0 fully saturated rings. The van der Waals surface area contributed by atoms with Crippen molar-refractivity contribution in [1.82, 2.24) is 5.01 Å². The number of hydrazone groups is 1. The molecule has 0 aliphatic rings. The first-order valence-electron chi connectivity index (χ1n) is 3.16. The molecule has 0 aromatic rings. The van der Waals surface area contributed by atoms with Gasteiger partial charge in [-0.1, -0.05) is 12.7 Å². The fourth-order valence-electron chi connectivity index (χ4n) is 0.435. The van der Waals surface area contributed by atoms with E-state index in [1.807, 2.05) is 20.2 Å². The molecule has 0 aliphatic heterocycles. The zero-order valence-corrected chi connectivity index (χ0v) is 6.67. The fourth-order valence-corrected chi connectivity index (χ4v) is 0.435. The quantitative estimate of drug-likeness (QED) is 0.328. The smallest absolute Gasteiger partial charge is 0.0499 e. The van der Waals surface area contributed by atoms with Gasteiger partial charge in [0.2, 0.25) is 0 Å². The minimum absolute atomic E-state index is 0.803. The van der Waals surface area contributed by atoms with Crippen LogP contribution in [0.15, 0.2) is 29.9 Å². The Balaban J connectivity index is 3.66. The Morgan fingerprint density at radius 2 is 2.20 bits per heavy atom. The van der Waals surface area contributed by atoms with Crippen LogP contribution in [0.25, 0.3) is 0 Å². The SMILES string of the molecule is C=CCC(=C)/C=N/N(C)C. The maximum atomic E-state index is 4.00. The van der Waals surface area contributed by atoms with Crippen molar-refractivity contribution in [2.24, 2.45) is 5.10 Å². The number of hydrogen-bond acceptors (Lipinski definition) is 2. The molecule has 0 amide bonds. The zero-order chi connectivity index (χ0) is 7.98. The van der Waals surface area contributed by atoms with Crippen LogP contribution in [-0.2, 0) is 0 Å². The highest BCUT2D eigenvalue weighted by atomic mass is 15.4. The van der Waals surface area contributed by atoms with Gasteiger partial charge in [-0.05, 0) is 12.0 Å². The molecule has 0 bridgehead atoms. The average Bonchev–Trinajstić information content (AvgIpc) is 1.85. The standard InChI is InChI=1S/C8H14N2/c1-5-6-8(2)7-9-10(3)4/h5,7H,1-2,6H2,3-4H3/b9-7+. The Hall–Kier alpha value is -1.05. The summed E-state index contributed by atoms with van der Waals surface area (Å²) in [5.41, 5.74) is 0.976. The molecule has 0 atom stereocenters. The lowest BCUT2D eigenvalue weighted by Crippen LogP contribution is -2.01. The summed E-state index contributed by atoms with van der Waals surface area (Å²) in [4.78, 5) is 0. The summed E-state index contributed by atoms with van der Waals surface area (Å²) in [5, 5.41) is 5.73. The van der Waals surface area contributed by atoms with E-state index in [0.29, 0.717) is 0 Å². The van der Waals surface area contributed by atoms with Gasteiger partial charge in [-0.3, -0.25) is 0 Å². The topological polar surface area (TPSA) is 15.6 Å². The third-order valence-electron chi connectivity index (χ3n) is 0.878. The first-order valence-corrected chi connectivity index (χ1v) is 3.16. The van der Waals surface area contributed by atoms with E-state index in [9.17, 15) is 0 Å². The molecule has 10 heavy (non-hydrogen) atoms. The molecule has 0 unspecified atom stereocenters. The van der Waals surface area contributed by atoms with E-state index in [2.05, 4.69) is 18.3 Å². The van der Waals surface area contributed by atoms with Gasteiger partial charge >= 0.3 is 0 Å². The highest BCUT2D eigenvalue weighted by Crippen LogP contribution is 1.93. The summed E-state index contributed by atoms with van der Waals surface area (Å²) in [5.74, 6) is 0. The third kappa shape index (κ3) is 5.09. The van der Waals surface area contributed by atoms with Gasteiger partial charge in [-0.25, -0.2) is 0 Å². The third-order valence-corrected chi connectivity index (χ3v) is 0.878. The molecule has 0 saturated carbocycles. The summed E-state index contributed by atoms with van der Waals surface area (Å²) < 4.78 is 0. The predicted molar refractivity (Wildman–Crippen MR) is 46.1 cm³/mol. The molecule has 0 radical (unpaired) electrons. The maximum Gasteiger partial charge on any atom is 0.0499 e. The highest BCUT2D eigenvalue weighted by molar-refractivity contribution is 5.77. The van der Waals surface area contributed by atoms with Gasteiger partial charge in [-0.15, -0.1) is 6.58 Å². The molecule has 0 aromatic carbocycles. The van der Waals surface area contributed by atoms with E-state index >= 15 is 0 Å². The second-order valence-corrected chi connectivity index (χ2v) is 2.24. The number of allylic oxidation sites excluding steroid dienone is 2. The normalized spacial score (nSPS) is 9.80. The van der Waals surface area contributed by atoms with E-state index in [-0.39, 0.29) is 0 Å². The monoisotopic (exact) mass is 138 g/mol. The van der Waals surface area contributed by atoms with Crippen LogP contribution < -0.4 is 0 Å². The first-order chi connectivity index (χ1) is 4.66. The number of hydrogen-bond donors (Lipinski definition) is 0. The van der Waals surface area contributed by atoms with Crippen LogP contribution in [0.5, 0.6) is 0 Å². The predicted octanol–water partition coefficient (Wildman–Crippen LogP) is 1.67. The van der Waals surface area contributed by atoms with E-state index in [4.69, 9.17) is 0 Å². The minimum atomic E-state index is 0.803. The highest BCUT2D eigenvalue weighted by Gasteiger charge is 1.83. The number of nitrogens with zero attached hydrogens (tertiary/aromatic N) is 2. The second-order valence-electron chi connectivity index (χ2n) is 2.24. The lowest BCUT2D eigenvalue weighted by Gasteiger charge is -2.01. The van der Waals surface area contributed by atoms with Crippen LogP contribution >= 0.6 is 0 Å².